The summed E-state index contributed by atoms with van der Waals surface area (Å²) in [7, 11) is 0. The molecule has 2 N–H and O–H groups in total. The first-order chi connectivity index (χ1) is 11.2. The number of carbonyl (C=O) groups excluding carboxylic acids is 1. The van der Waals surface area contributed by atoms with Crippen molar-refractivity contribution in [1.29, 1.82) is 0 Å². The predicted molar refractivity (Wildman–Crippen MR) is 94.3 cm³/mol. The first-order valence-electron chi connectivity index (χ1n) is 7.38. The van der Waals surface area contributed by atoms with Gasteiger partial charge in [-0.1, -0.05) is 54.6 Å². The second-order valence-corrected chi connectivity index (χ2v) is 5.12. The Morgan fingerprint density at radius 2 is 1.57 bits per heavy atom. The molecule has 4 heteroatoms. The molecule has 0 aliphatic heterocycles. The molecule has 4 aromatic rings. The molecular weight excluding hydrogens is 286 g/mol. The van der Waals surface area contributed by atoms with Crippen LogP contribution in [-0.2, 0) is 4.79 Å². The number of aromatic amines is 1. The molecule has 0 fully saturated rings. The Labute approximate surface area is 134 Å². The Hall–Kier alpha value is -3.14. The van der Waals surface area contributed by atoms with Crippen molar-refractivity contribution >= 4 is 33.5 Å². The van der Waals surface area contributed by atoms with Crippen LogP contribution in [0.3, 0.4) is 0 Å². The second kappa shape index (κ2) is 6.75. The standard InChI is InChI=1S/C13H11N3O.C6H6/c1-8(17)15-13-6-10-9-4-2-3-5-11(9)16-12(10)7-14-13;1-2-4-6-5-3-1/h2-7,16H,1H3,(H,14,15,17);1-6H. The van der Waals surface area contributed by atoms with Gasteiger partial charge in [-0.05, 0) is 12.1 Å². The first-order valence-corrected chi connectivity index (χ1v) is 7.38. The van der Waals surface area contributed by atoms with E-state index in [0.717, 1.165) is 21.8 Å². The lowest BCUT2D eigenvalue weighted by atomic mass is 10.2. The van der Waals surface area contributed by atoms with Gasteiger partial charge in [-0.2, -0.15) is 0 Å². The lowest BCUT2D eigenvalue weighted by molar-refractivity contribution is -0.114. The summed E-state index contributed by atoms with van der Waals surface area (Å²) in [5, 5.41) is 4.89. The van der Waals surface area contributed by atoms with Crippen LogP contribution in [0, 0.1) is 0 Å². The summed E-state index contributed by atoms with van der Waals surface area (Å²) in [5.41, 5.74) is 2.05. The highest BCUT2D eigenvalue weighted by molar-refractivity contribution is 6.08. The van der Waals surface area contributed by atoms with Gasteiger partial charge in [0, 0.05) is 23.2 Å². The van der Waals surface area contributed by atoms with Crippen LogP contribution >= 0.6 is 0 Å². The number of rotatable bonds is 1. The van der Waals surface area contributed by atoms with Gasteiger partial charge >= 0.3 is 0 Å². The van der Waals surface area contributed by atoms with Gasteiger partial charge in [-0.3, -0.25) is 4.79 Å². The van der Waals surface area contributed by atoms with Crippen LogP contribution in [-0.4, -0.2) is 15.9 Å². The summed E-state index contributed by atoms with van der Waals surface area (Å²) in [6, 6.07) is 21.9. The molecule has 0 atom stereocenters. The Kier molecular flexibility index (Phi) is 4.34. The van der Waals surface area contributed by atoms with Crippen LogP contribution in [0.2, 0.25) is 0 Å². The molecule has 114 valence electrons. The minimum absolute atomic E-state index is 0.114. The first kappa shape index (κ1) is 14.8. The molecule has 0 saturated heterocycles. The number of aromatic nitrogens is 2. The molecule has 23 heavy (non-hydrogen) atoms. The molecule has 0 bridgehead atoms. The minimum Gasteiger partial charge on any atom is -0.353 e. The Balaban J connectivity index is 0.000000220. The Bertz CT molecular complexity index is 902. The van der Waals surface area contributed by atoms with Gasteiger partial charge in [0.15, 0.2) is 0 Å². The number of H-pyrrole nitrogens is 1. The van der Waals surface area contributed by atoms with Crippen molar-refractivity contribution in [3.63, 3.8) is 0 Å². The van der Waals surface area contributed by atoms with Crippen LogP contribution in [0.15, 0.2) is 72.9 Å². The van der Waals surface area contributed by atoms with Gasteiger partial charge in [0.05, 0.1) is 11.7 Å². The van der Waals surface area contributed by atoms with Crippen molar-refractivity contribution in [2.45, 2.75) is 6.92 Å². The van der Waals surface area contributed by atoms with Gasteiger partial charge in [0.1, 0.15) is 5.82 Å². The predicted octanol–water partition coefficient (Wildman–Crippen LogP) is 4.36. The van der Waals surface area contributed by atoms with E-state index in [4.69, 9.17) is 0 Å². The van der Waals surface area contributed by atoms with Crippen molar-refractivity contribution in [1.82, 2.24) is 9.97 Å². The van der Waals surface area contributed by atoms with Gasteiger partial charge in [0.25, 0.3) is 0 Å². The molecule has 4 nitrogen and oxygen atoms in total. The van der Waals surface area contributed by atoms with Gasteiger partial charge in [-0.25, -0.2) is 4.98 Å². The van der Waals surface area contributed by atoms with Gasteiger partial charge < -0.3 is 10.3 Å². The maximum absolute atomic E-state index is 11.0. The molecule has 2 aromatic heterocycles. The Morgan fingerprint density at radius 1 is 0.913 bits per heavy atom. The van der Waals surface area contributed by atoms with E-state index in [-0.39, 0.29) is 5.91 Å². The summed E-state index contributed by atoms with van der Waals surface area (Å²) >= 11 is 0. The van der Waals surface area contributed by atoms with E-state index in [2.05, 4.69) is 15.3 Å². The zero-order chi connectivity index (χ0) is 16.1. The molecule has 0 saturated carbocycles. The fourth-order valence-electron chi connectivity index (χ4n) is 2.38. The topological polar surface area (TPSA) is 57.8 Å². The lowest BCUT2D eigenvalue weighted by Crippen LogP contribution is -2.06. The van der Waals surface area contributed by atoms with E-state index in [1.807, 2.05) is 66.7 Å². The van der Waals surface area contributed by atoms with Crippen molar-refractivity contribution < 1.29 is 4.79 Å². The van der Waals surface area contributed by atoms with E-state index < -0.39 is 0 Å². The number of benzene rings is 2. The third kappa shape index (κ3) is 3.55. The maximum Gasteiger partial charge on any atom is 0.222 e. The SMILES string of the molecule is CC(=O)Nc1cc2c(cn1)[nH]c1ccccc12.c1ccccc1. The highest BCUT2D eigenvalue weighted by atomic mass is 16.1. The largest absolute Gasteiger partial charge is 0.353 e. The van der Waals surface area contributed by atoms with Gasteiger partial charge in [0.2, 0.25) is 5.91 Å². The average molecular weight is 303 g/mol. The van der Waals surface area contributed by atoms with Gasteiger partial charge in [-0.15, -0.1) is 0 Å². The lowest BCUT2D eigenvalue weighted by Gasteiger charge is -2.00. The van der Waals surface area contributed by atoms with Crippen molar-refractivity contribution in [2.75, 3.05) is 5.32 Å². The summed E-state index contributed by atoms with van der Waals surface area (Å²) in [6.45, 7) is 1.47. The molecule has 1 amide bonds. The molecule has 4 rings (SSSR count). The molecular formula is C19H17N3O. The summed E-state index contributed by atoms with van der Waals surface area (Å²) in [4.78, 5) is 18.5. The van der Waals surface area contributed by atoms with Crippen molar-refractivity contribution in [2.24, 2.45) is 0 Å². The van der Waals surface area contributed by atoms with Crippen LogP contribution in [0.4, 0.5) is 5.82 Å². The highest BCUT2D eigenvalue weighted by Crippen LogP contribution is 2.26. The van der Waals surface area contributed by atoms with E-state index in [0.29, 0.717) is 5.82 Å². The van der Waals surface area contributed by atoms with E-state index in [9.17, 15) is 4.79 Å². The zero-order valence-corrected chi connectivity index (χ0v) is 12.8. The molecule has 2 aromatic carbocycles. The molecule has 0 aliphatic rings. The molecule has 0 aliphatic carbocycles. The van der Waals surface area contributed by atoms with E-state index >= 15 is 0 Å². The zero-order valence-electron chi connectivity index (χ0n) is 12.8. The highest BCUT2D eigenvalue weighted by Gasteiger charge is 2.05. The molecule has 0 unspecified atom stereocenters. The molecule has 0 spiro atoms. The number of fused-ring (bicyclic) bond motifs is 3. The quantitative estimate of drug-likeness (QED) is 0.549. The van der Waals surface area contributed by atoms with Crippen LogP contribution < -0.4 is 5.32 Å². The third-order valence-corrected chi connectivity index (χ3v) is 3.36. The third-order valence-electron chi connectivity index (χ3n) is 3.36. The van der Waals surface area contributed by atoms with Crippen LogP contribution in [0.1, 0.15) is 6.92 Å². The smallest absolute Gasteiger partial charge is 0.222 e. The summed E-state index contributed by atoms with van der Waals surface area (Å²) in [6.07, 6.45) is 1.74. The second-order valence-electron chi connectivity index (χ2n) is 5.12. The number of para-hydroxylation sites is 1. The minimum atomic E-state index is -0.114. The van der Waals surface area contributed by atoms with E-state index in [1.54, 1.807) is 6.20 Å². The fraction of sp³-hybridized carbons (Fsp3) is 0.0526. The molecule has 2 heterocycles. The number of hydrogen-bond acceptors (Lipinski definition) is 2. The average Bonchev–Trinajstić information content (AvgIpc) is 2.95. The monoisotopic (exact) mass is 303 g/mol. The summed E-state index contributed by atoms with van der Waals surface area (Å²) < 4.78 is 0. The van der Waals surface area contributed by atoms with Crippen LogP contribution in [0.25, 0.3) is 21.8 Å². The number of amides is 1. The summed E-state index contributed by atoms with van der Waals surface area (Å²) in [5.74, 6) is 0.464. The van der Waals surface area contributed by atoms with Crippen molar-refractivity contribution in [3.8, 4) is 0 Å². The normalized spacial score (nSPS) is 10.1. The number of anilines is 1. The number of hydrogen-bond donors (Lipinski definition) is 2. The number of pyridine rings is 1. The number of carbonyl (C=O) groups is 1. The van der Waals surface area contributed by atoms with Crippen LogP contribution in [0.5, 0.6) is 0 Å². The molecule has 0 radical (unpaired) electrons. The maximum atomic E-state index is 11.0. The number of nitrogens with zero attached hydrogens (tertiary/aromatic N) is 1. The Morgan fingerprint density at radius 3 is 2.22 bits per heavy atom. The van der Waals surface area contributed by atoms with Crippen molar-refractivity contribution in [3.05, 3.63) is 72.9 Å². The number of nitrogens with one attached hydrogen (secondary N) is 2. The van der Waals surface area contributed by atoms with E-state index in [1.165, 1.54) is 6.92 Å². The fourth-order valence-corrected chi connectivity index (χ4v) is 2.38.